The van der Waals surface area contributed by atoms with Crippen LogP contribution in [0.2, 0.25) is 10.0 Å². The highest BCUT2D eigenvalue weighted by Crippen LogP contribution is 2.29. The lowest BCUT2D eigenvalue weighted by Gasteiger charge is -2.22. The summed E-state index contributed by atoms with van der Waals surface area (Å²) in [6.07, 6.45) is 0. The number of anilines is 1. The molecule has 6 heteroatoms. The van der Waals surface area contributed by atoms with Crippen LogP contribution in [0.4, 0.5) is 5.69 Å². The van der Waals surface area contributed by atoms with E-state index in [4.69, 9.17) is 23.2 Å². The SMILES string of the molecule is CC(=O)N(CC(=O)Nc1cccc(Cl)c1Cl)CC(C)C. The first kappa shape index (κ1) is 16.8. The number of benzene rings is 1. The van der Waals surface area contributed by atoms with Gasteiger partial charge in [0.2, 0.25) is 11.8 Å². The molecule has 0 aromatic heterocycles. The fourth-order valence-corrected chi connectivity index (χ4v) is 2.06. The van der Waals surface area contributed by atoms with Gasteiger partial charge in [0.15, 0.2) is 0 Å². The van der Waals surface area contributed by atoms with E-state index in [0.29, 0.717) is 28.2 Å². The van der Waals surface area contributed by atoms with E-state index in [1.165, 1.54) is 11.8 Å². The first-order valence-electron chi connectivity index (χ1n) is 6.30. The Morgan fingerprint density at radius 3 is 2.50 bits per heavy atom. The van der Waals surface area contributed by atoms with Gasteiger partial charge in [0.05, 0.1) is 22.3 Å². The molecule has 0 atom stereocenters. The first-order valence-corrected chi connectivity index (χ1v) is 7.06. The maximum Gasteiger partial charge on any atom is 0.244 e. The lowest BCUT2D eigenvalue weighted by atomic mass is 10.2. The third-order valence-corrected chi connectivity index (χ3v) is 3.41. The molecule has 0 saturated carbocycles. The van der Waals surface area contributed by atoms with Crippen LogP contribution >= 0.6 is 23.2 Å². The molecule has 2 amide bonds. The van der Waals surface area contributed by atoms with Crippen LogP contribution < -0.4 is 5.32 Å². The van der Waals surface area contributed by atoms with E-state index < -0.39 is 0 Å². The van der Waals surface area contributed by atoms with Gasteiger partial charge >= 0.3 is 0 Å². The molecule has 0 radical (unpaired) electrons. The Bertz CT molecular complexity index is 504. The van der Waals surface area contributed by atoms with E-state index in [9.17, 15) is 9.59 Å². The van der Waals surface area contributed by atoms with Crippen LogP contribution in [0.3, 0.4) is 0 Å². The second-order valence-corrected chi connectivity index (χ2v) is 5.73. The molecule has 0 fully saturated rings. The van der Waals surface area contributed by atoms with E-state index in [-0.39, 0.29) is 18.4 Å². The first-order chi connectivity index (χ1) is 9.31. The zero-order chi connectivity index (χ0) is 15.3. The lowest BCUT2D eigenvalue weighted by molar-refractivity contribution is -0.133. The molecule has 0 unspecified atom stereocenters. The smallest absolute Gasteiger partial charge is 0.244 e. The van der Waals surface area contributed by atoms with Gasteiger partial charge in [0.25, 0.3) is 0 Å². The molecule has 0 aliphatic carbocycles. The molecule has 0 saturated heterocycles. The summed E-state index contributed by atoms with van der Waals surface area (Å²) in [7, 11) is 0. The Balaban J connectivity index is 2.71. The van der Waals surface area contributed by atoms with Crippen molar-refractivity contribution >= 4 is 40.7 Å². The number of hydrogen-bond acceptors (Lipinski definition) is 2. The normalized spacial score (nSPS) is 10.5. The standard InChI is InChI=1S/C14H18Cl2N2O2/c1-9(2)7-18(10(3)19)8-13(20)17-12-6-4-5-11(15)14(12)16/h4-6,9H,7-8H2,1-3H3,(H,17,20). The topological polar surface area (TPSA) is 49.4 Å². The number of nitrogens with one attached hydrogen (secondary N) is 1. The van der Waals surface area contributed by atoms with Crippen molar-refractivity contribution < 1.29 is 9.59 Å². The molecule has 0 aliphatic rings. The second kappa shape index (κ2) is 7.50. The van der Waals surface area contributed by atoms with Gasteiger partial charge in [0.1, 0.15) is 0 Å². The summed E-state index contributed by atoms with van der Waals surface area (Å²) in [5.41, 5.74) is 0.442. The number of nitrogens with zero attached hydrogens (tertiary/aromatic N) is 1. The minimum atomic E-state index is -0.301. The summed E-state index contributed by atoms with van der Waals surface area (Å²) >= 11 is 11.9. The highest BCUT2D eigenvalue weighted by atomic mass is 35.5. The number of hydrogen-bond donors (Lipinski definition) is 1. The van der Waals surface area contributed by atoms with Gasteiger partial charge in [-0.05, 0) is 18.1 Å². The minimum absolute atomic E-state index is 0.00362. The third kappa shape index (κ3) is 5.02. The summed E-state index contributed by atoms with van der Waals surface area (Å²) in [6.45, 7) is 5.95. The lowest BCUT2D eigenvalue weighted by Crippen LogP contribution is -2.38. The molecule has 0 bridgehead atoms. The van der Waals surface area contributed by atoms with Crippen molar-refractivity contribution in [3.8, 4) is 0 Å². The number of rotatable bonds is 5. The number of carbonyl (C=O) groups excluding carboxylic acids is 2. The Kier molecular flexibility index (Phi) is 6.30. The Morgan fingerprint density at radius 1 is 1.30 bits per heavy atom. The third-order valence-electron chi connectivity index (χ3n) is 2.59. The molecule has 110 valence electrons. The quantitative estimate of drug-likeness (QED) is 0.904. The van der Waals surface area contributed by atoms with Crippen LogP contribution in [0.1, 0.15) is 20.8 Å². The molecule has 4 nitrogen and oxygen atoms in total. The van der Waals surface area contributed by atoms with E-state index >= 15 is 0 Å². The van der Waals surface area contributed by atoms with E-state index in [1.807, 2.05) is 13.8 Å². The van der Waals surface area contributed by atoms with Gasteiger partial charge in [-0.2, -0.15) is 0 Å². The van der Waals surface area contributed by atoms with Crippen LogP contribution in [-0.4, -0.2) is 29.8 Å². The predicted molar refractivity (Wildman–Crippen MR) is 82.2 cm³/mol. The Labute approximate surface area is 129 Å². The number of carbonyl (C=O) groups is 2. The molecule has 1 rings (SSSR count). The van der Waals surface area contributed by atoms with Gasteiger partial charge in [-0.1, -0.05) is 43.1 Å². The maximum absolute atomic E-state index is 12.0. The van der Waals surface area contributed by atoms with Gasteiger partial charge < -0.3 is 10.2 Å². The van der Waals surface area contributed by atoms with Crippen molar-refractivity contribution in [3.63, 3.8) is 0 Å². The highest BCUT2D eigenvalue weighted by molar-refractivity contribution is 6.44. The van der Waals surface area contributed by atoms with Gasteiger partial charge in [0, 0.05) is 13.5 Å². The maximum atomic E-state index is 12.0. The molecule has 20 heavy (non-hydrogen) atoms. The minimum Gasteiger partial charge on any atom is -0.333 e. The molecule has 1 aromatic rings. The van der Waals surface area contributed by atoms with Crippen molar-refractivity contribution in [3.05, 3.63) is 28.2 Å². The molecule has 1 aromatic carbocycles. The van der Waals surface area contributed by atoms with E-state index in [2.05, 4.69) is 5.32 Å². The van der Waals surface area contributed by atoms with Gasteiger partial charge in [-0.25, -0.2) is 0 Å². The summed E-state index contributed by atoms with van der Waals surface area (Å²) < 4.78 is 0. The fourth-order valence-electron chi connectivity index (χ4n) is 1.71. The summed E-state index contributed by atoms with van der Waals surface area (Å²) in [5, 5.41) is 3.32. The van der Waals surface area contributed by atoms with Crippen LogP contribution in [0.5, 0.6) is 0 Å². The van der Waals surface area contributed by atoms with Crippen molar-refractivity contribution in [2.75, 3.05) is 18.4 Å². The Morgan fingerprint density at radius 2 is 1.95 bits per heavy atom. The molecule has 0 spiro atoms. The van der Waals surface area contributed by atoms with Gasteiger partial charge in [-0.3, -0.25) is 9.59 Å². The second-order valence-electron chi connectivity index (χ2n) is 4.94. The molecular weight excluding hydrogens is 299 g/mol. The number of halogens is 2. The monoisotopic (exact) mass is 316 g/mol. The largest absolute Gasteiger partial charge is 0.333 e. The van der Waals surface area contributed by atoms with E-state index in [0.717, 1.165) is 0 Å². The van der Waals surface area contributed by atoms with Crippen LogP contribution in [0, 0.1) is 5.92 Å². The highest BCUT2D eigenvalue weighted by Gasteiger charge is 2.16. The zero-order valence-corrected chi connectivity index (χ0v) is 13.3. The molecule has 0 heterocycles. The average molecular weight is 317 g/mol. The van der Waals surface area contributed by atoms with Crippen molar-refractivity contribution in [1.29, 1.82) is 0 Å². The average Bonchev–Trinajstić information content (AvgIpc) is 2.33. The number of amides is 2. The van der Waals surface area contributed by atoms with Crippen LogP contribution in [0.25, 0.3) is 0 Å². The predicted octanol–water partition coefficient (Wildman–Crippen LogP) is 3.44. The van der Waals surface area contributed by atoms with Crippen LogP contribution in [0.15, 0.2) is 18.2 Å². The summed E-state index contributed by atoms with van der Waals surface area (Å²) in [6, 6.07) is 4.99. The van der Waals surface area contributed by atoms with Crippen molar-refractivity contribution in [1.82, 2.24) is 4.90 Å². The van der Waals surface area contributed by atoms with Crippen molar-refractivity contribution in [2.24, 2.45) is 5.92 Å². The molecule has 1 N–H and O–H groups in total. The zero-order valence-electron chi connectivity index (χ0n) is 11.7. The van der Waals surface area contributed by atoms with Crippen molar-refractivity contribution in [2.45, 2.75) is 20.8 Å². The van der Waals surface area contributed by atoms with E-state index in [1.54, 1.807) is 18.2 Å². The fraction of sp³-hybridized carbons (Fsp3) is 0.429. The van der Waals surface area contributed by atoms with Crippen LogP contribution in [-0.2, 0) is 9.59 Å². The molecular formula is C14H18Cl2N2O2. The summed E-state index contributed by atoms with van der Waals surface area (Å²) in [5.74, 6) is -0.141. The van der Waals surface area contributed by atoms with Gasteiger partial charge in [-0.15, -0.1) is 0 Å². The summed E-state index contributed by atoms with van der Waals surface area (Å²) in [4.78, 5) is 25.0. The molecule has 0 aliphatic heterocycles. The Hall–Kier alpha value is -1.26.